The van der Waals surface area contributed by atoms with Crippen molar-refractivity contribution in [2.75, 3.05) is 15.5 Å². The number of nitrogens with one attached hydrogen (secondary N) is 3. The molecule has 194 valence electrons. The SMILES string of the molecule is CC.c1cc(-c2ccc3c(c2)N2c4ccccc4NC2N3)cc(-c2ccc3[nH]c4nc5ccccc5n4c3c2)c1. The highest BCUT2D eigenvalue weighted by Gasteiger charge is 2.36. The van der Waals surface area contributed by atoms with Gasteiger partial charge in [0.1, 0.15) is 0 Å². The Balaban J connectivity index is 0.00000120. The summed E-state index contributed by atoms with van der Waals surface area (Å²) in [6.45, 7) is 4.00. The molecule has 9 rings (SSSR count). The van der Waals surface area contributed by atoms with Crippen molar-refractivity contribution in [1.82, 2.24) is 14.4 Å². The number of anilines is 4. The van der Waals surface area contributed by atoms with Gasteiger partial charge in [-0.05, 0) is 76.9 Å². The molecule has 0 spiro atoms. The van der Waals surface area contributed by atoms with Gasteiger partial charge in [0.15, 0.2) is 6.29 Å². The van der Waals surface area contributed by atoms with Gasteiger partial charge in [-0.1, -0.05) is 68.4 Å². The minimum Gasteiger partial charge on any atom is -0.346 e. The summed E-state index contributed by atoms with van der Waals surface area (Å²) < 4.78 is 2.21. The summed E-state index contributed by atoms with van der Waals surface area (Å²) in [5.41, 5.74) is 13.8. The summed E-state index contributed by atoms with van der Waals surface area (Å²) in [6.07, 6.45) is 0.0492. The van der Waals surface area contributed by atoms with Crippen LogP contribution in [-0.4, -0.2) is 20.7 Å². The fourth-order valence-corrected chi connectivity index (χ4v) is 6.06. The molecule has 0 bridgehead atoms. The van der Waals surface area contributed by atoms with Crippen LogP contribution in [0.5, 0.6) is 0 Å². The largest absolute Gasteiger partial charge is 0.346 e. The number of para-hydroxylation sites is 4. The molecule has 5 aromatic carbocycles. The van der Waals surface area contributed by atoms with Crippen molar-refractivity contribution in [3.05, 3.63) is 109 Å². The fourth-order valence-electron chi connectivity index (χ4n) is 6.06. The first kappa shape index (κ1) is 22.7. The number of hydrogen-bond donors (Lipinski definition) is 3. The number of imidazole rings is 2. The van der Waals surface area contributed by atoms with E-state index in [1.165, 1.54) is 33.6 Å². The number of rotatable bonds is 2. The Kier molecular flexibility index (Phi) is 4.91. The summed E-state index contributed by atoms with van der Waals surface area (Å²) >= 11 is 0. The monoisotopic (exact) mass is 520 g/mol. The molecule has 1 atom stereocenters. The molecule has 6 heteroatoms. The number of hydrogen-bond acceptors (Lipinski definition) is 4. The van der Waals surface area contributed by atoms with E-state index < -0.39 is 0 Å². The number of aromatic nitrogens is 3. The Morgan fingerprint density at radius 2 is 1.30 bits per heavy atom. The van der Waals surface area contributed by atoms with Crippen molar-refractivity contribution >= 4 is 50.6 Å². The van der Waals surface area contributed by atoms with Crippen LogP contribution in [0.25, 0.3) is 50.1 Å². The van der Waals surface area contributed by atoms with Gasteiger partial charge < -0.3 is 15.6 Å². The predicted octanol–water partition coefficient (Wildman–Crippen LogP) is 8.60. The summed E-state index contributed by atoms with van der Waals surface area (Å²) in [7, 11) is 0. The van der Waals surface area contributed by atoms with E-state index in [2.05, 4.69) is 128 Å². The molecule has 0 saturated heterocycles. The van der Waals surface area contributed by atoms with Gasteiger partial charge in [-0.25, -0.2) is 4.98 Å². The highest BCUT2D eigenvalue weighted by atomic mass is 15.5. The third-order valence-electron chi connectivity index (χ3n) is 7.84. The molecule has 2 aromatic heterocycles. The molecule has 1 unspecified atom stereocenters. The van der Waals surface area contributed by atoms with Crippen molar-refractivity contribution in [2.24, 2.45) is 0 Å². The first-order valence-corrected chi connectivity index (χ1v) is 13.9. The van der Waals surface area contributed by atoms with Crippen LogP contribution in [0.15, 0.2) is 109 Å². The van der Waals surface area contributed by atoms with Crippen LogP contribution in [-0.2, 0) is 0 Å². The molecule has 0 aliphatic carbocycles. The first-order valence-electron chi connectivity index (χ1n) is 13.9. The zero-order valence-corrected chi connectivity index (χ0v) is 22.3. The Bertz CT molecular complexity index is 2070. The van der Waals surface area contributed by atoms with E-state index in [1.807, 2.05) is 19.9 Å². The van der Waals surface area contributed by atoms with Gasteiger partial charge in [0.2, 0.25) is 5.78 Å². The van der Waals surface area contributed by atoms with Gasteiger partial charge in [-0.2, -0.15) is 0 Å². The smallest absolute Gasteiger partial charge is 0.213 e. The minimum atomic E-state index is 0.0492. The predicted molar refractivity (Wildman–Crippen MR) is 166 cm³/mol. The molecule has 7 aromatic rings. The number of fused-ring (bicyclic) bond motifs is 10. The van der Waals surface area contributed by atoms with Crippen LogP contribution in [0, 0.1) is 0 Å². The van der Waals surface area contributed by atoms with Crippen LogP contribution >= 0.6 is 0 Å². The van der Waals surface area contributed by atoms with E-state index in [0.717, 1.165) is 39.2 Å². The van der Waals surface area contributed by atoms with Crippen molar-refractivity contribution < 1.29 is 0 Å². The van der Waals surface area contributed by atoms with Crippen LogP contribution in [0.1, 0.15) is 13.8 Å². The molecule has 3 N–H and O–H groups in total. The van der Waals surface area contributed by atoms with Gasteiger partial charge in [0.25, 0.3) is 0 Å². The summed E-state index contributed by atoms with van der Waals surface area (Å²) in [6, 6.07) is 38.8. The second kappa shape index (κ2) is 8.64. The molecule has 2 aliphatic heterocycles. The average Bonchev–Trinajstić information content (AvgIpc) is 3.75. The molecule has 0 fully saturated rings. The lowest BCUT2D eigenvalue weighted by Gasteiger charge is -2.18. The maximum Gasteiger partial charge on any atom is 0.213 e. The lowest BCUT2D eigenvalue weighted by atomic mass is 9.98. The molecular weight excluding hydrogens is 492 g/mol. The van der Waals surface area contributed by atoms with Crippen molar-refractivity contribution in [2.45, 2.75) is 20.1 Å². The molecule has 4 heterocycles. The normalized spacial score (nSPS) is 14.8. The van der Waals surface area contributed by atoms with Gasteiger partial charge in [-0.15, -0.1) is 0 Å². The van der Waals surface area contributed by atoms with E-state index in [0.29, 0.717) is 0 Å². The summed E-state index contributed by atoms with van der Waals surface area (Å²) in [5, 5.41) is 7.18. The van der Waals surface area contributed by atoms with E-state index in [4.69, 9.17) is 4.98 Å². The minimum absolute atomic E-state index is 0.0492. The molecule has 6 nitrogen and oxygen atoms in total. The maximum atomic E-state index is 4.77. The summed E-state index contributed by atoms with van der Waals surface area (Å²) in [4.78, 5) is 10.6. The second-order valence-electron chi connectivity index (χ2n) is 10.0. The van der Waals surface area contributed by atoms with Gasteiger partial charge >= 0.3 is 0 Å². The lowest BCUT2D eigenvalue weighted by molar-refractivity contribution is 0.902. The van der Waals surface area contributed by atoms with Crippen LogP contribution < -0.4 is 15.5 Å². The van der Waals surface area contributed by atoms with Crippen molar-refractivity contribution in [3.63, 3.8) is 0 Å². The molecule has 0 radical (unpaired) electrons. The van der Waals surface area contributed by atoms with Gasteiger partial charge in [0, 0.05) is 0 Å². The molecular formula is C34H28N6. The zero-order valence-electron chi connectivity index (χ0n) is 22.3. The van der Waals surface area contributed by atoms with E-state index in [-0.39, 0.29) is 6.29 Å². The Morgan fingerprint density at radius 3 is 2.17 bits per heavy atom. The van der Waals surface area contributed by atoms with E-state index >= 15 is 0 Å². The van der Waals surface area contributed by atoms with E-state index in [9.17, 15) is 0 Å². The highest BCUT2D eigenvalue weighted by molar-refractivity contribution is 5.95. The van der Waals surface area contributed by atoms with E-state index in [1.54, 1.807) is 0 Å². The first-order chi connectivity index (χ1) is 19.8. The molecule has 40 heavy (non-hydrogen) atoms. The third-order valence-corrected chi connectivity index (χ3v) is 7.84. The molecule has 0 saturated carbocycles. The second-order valence-corrected chi connectivity index (χ2v) is 10.0. The Hall–Kier alpha value is -5.23. The molecule has 2 aliphatic rings. The Morgan fingerprint density at radius 1 is 0.600 bits per heavy atom. The Labute approximate surface area is 231 Å². The van der Waals surface area contributed by atoms with Crippen molar-refractivity contribution in [3.8, 4) is 22.3 Å². The maximum absolute atomic E-state index is 4.77. The average molecular weight is 521 g/mol. The van der Waals surface area contributed by atoms with Crippen LogP contribution in [0.3, 0.4) is 0 Å². The lowest BCUT2D eigenvalue weighted by Crippen LogP contribution is -2.32. The molecule has 0 amide bonds. The fraction of sp³-hybridized carbons (Fsp3) is 0.0882. The van der Waals surface area contributed by atoms with Crippen LogP contribution in [0.4, 0.5) is 22.7 Å². The van der Waals surface area contributed by atoms with Gasteiger partial charge in [0.05, 0.1) is 44.8 Å². The summed E-state index contributed by atoms with van der Waals surface area (Å²) in [5.74, 6) is 0.870. The number of H-pyrrole nitrogens is 1. The quantitative estimate of drug-likeness (QED) is 0.214. The van der Waals surface area contributed by atoms with Gasteiger partial charge in [-0.3, -0.25) is 9.30 Å². The number of aromatic amines is 1. The third kappa shape index (κ3) is 3.26. The van der Waals surface area contributed by atoms with Crippen molar-refractivity contribution in [1.29, 1.82) is 0 Å². The van der Waals surface area contributed by atoms with Crippen LogP contribution in [0.2, 0.25) is 0 Å². The zero-order chi connectivity index (χ0) is 26.8. The number of nitrogens with zero attached hydrogens (tertiary/aromatic N) is 3. The number of benzene rings is 5. The topological polar surface area (TPSA) is 60.4 Å². The standard InChI is InChI=1S/C32H22N6.C2H6/c1-3-10-27-23(8-1)33-31-35-25-14-12-21(17-29(25)37(27)31)19-6-5-7-20(16-19)22-13-15-26-30(18-22)38-28-11-4-2-9-24(28)34-32(38)36-26;1-2/h1-18,31,33,35H,(H,34,36);1-2H3. The highest BCUT2D eigenvalue weighted by Crippen LogP contribution is 2.48.